The van der Waals surface area contributed by atoms with Crippen molar-refractivity contribution in [2.45, 2.75) is 6.43 Å². The second-order valence-electron chi connectivity index (χ2n) is 2.15. The van der Waals surface area contributed by atoms with Crippen molar-refractivity contribution < 1.29 is 13.2 Å². The van der Waals surface area contributed by atoms with Gasteiger partial charge in [0.25, 0.3) is 6.43 Å². The Labute approximate surface area is 67.1 Å². The van der Waals surface area contributed by atoms with E-state index in [1.165, 1.54) is 0 Å². The summed E-state index contributed by atoms with van der Waals surface area (Å²) in [6.07, 6.45) is -2.88. The van der Waals surface area contributed by atoms with Crippen LogP contribution in [-0.4, -0.2) is 0 Å². The fourth-order valence-electron chi connectivity index (χ4n) is 0.781. The van der Waals surface area contributed by atoms with Gasteiger partial charge in [-0.25, -0.2) is 13.2 Å². The number of halogens is 3. The molecule has 0 atom stereocenters. The van der Waals surface area contributed by atoms with Crippen LogP contribution >= 0.6 is 0 Å². The van der Waals surface area contributed by atoms with Gasteiger partial charge in [0.1, 0.15) is 5.82 Å². The van der Waals surface area contributed by atoms with E-state index in [0.717, 1.165) is 18.2 Å². The highest BCUT2D eigenvalue weighted by molar-refractivity contribution is 5.34. The van der Waals surface area contributed by atoms with Gasteiger partial charge in [-0.15, -0.1) is 0 Å². The fourth-order valence-corrected chi connectivity index (χ4v) is 0.781. The lowest BCUT2D eigenvalue weighted by atomic mass is 10.1. The Balaban J connectivity index is 3.19. The van der Waals surface area contributed by atoms with Crippen molar-refractivity contribution in [2.75, 3.05) is 0 Å². The Hall–Kier alpha value is -1.50. The van der Waals surface area contributed by atoms with Crippen LogP contribution in [0, 0.1) is 17.1 Å². The van der Waals surface area contributed by atoms with Crippen molar-refractivity contribution in [1.29, 1.82) is 5.26 Å². The van der Waals surface area contributed by atoms with Crippen LogP contribution in [0.5, 0.6) is 0 Å². The van der Waals surface area contributed by atoms with Gasteiger partial charge in [0.15, 0.2) is 0 Å². The summed E-state index contributed by atoms with van der Waals surface area (Å²) in [5.41, 5.74) is -0.694. The summed E-state index contributed by atoms with van der Waals surface area (Å²) in [5, 5.41) is 8.32. The molecule has 0 aliphatic rings. The summed E-state index contributed by atoms with van der Waals surface area (Å²) in [6, 6.07) is 4.51. The van der Waals surface area contributed by atoms with Crippen LogP contribution in [-0.2, 0) is 0 Å². The van der Waals surface area contributed by atoms with Crippen LogP contribution in [0.25, 0.3) is 0 Å². The summed E-state index contributed by atoms with van der Waals surface area (Å²) in [5.74, 6) is -0.982. The van der Waals surface area contributed by atoms with E-state index in [1.54, 1.807) is 6.07 Å². The molecule has 1 aromatic rings. The number of rotatable bonds is 1. The van der Waals surface area contributed by atoms with Gasteiger partial charge in [-0.3, -0.25) is 0 Å². The lowest BCUT2D eigenvalue weighted by Gasteiger charge is -2.00. The zero-order chi connectivity index (χ0) is 9.14. The van der Waals surface area contributed by atoms with E-state index < -0.39 is 17.8 Å². The van der Waals surface area contributed by atoms with Gasteiger partial charge >= 0.3 is 0 Å². The number of nitrogens with zero attached hydrogens (tertiary/aromatic N) is 1. The van der Waals surface area contributed by atoms with E-state index in [2.05, 4.69) is 0 Å². The lowest BCUT2D eigenvalue weighted by molar-refractivity contribution is 0.146. The van der Waals surface area contributed by atoms with Crippen molar-refractivity contribution in [1.82, 2.24) is 0 Å². The lowest BCUT2D eigenvalue weighted by Crippen LogP contribution is -1.91. The van der Waals surface area contributed by atoms with Crippen LogP contribution in [0.1, 0.15) is 17.6 Å². The van der Waals surface area contributed by atoms with E-state index in [9.17, 15) is 13.2 Å². The predicted octanol–water partition coefficient (Wildman–Crippen LogP) is 2.63. The third kappa shape index (κ3) is 1.56. The molecule has 0 saturated carbocycles. The number of nitriles is 1. The van der Waals surface area contributed by atoms with Crippen LogP contribution in [0.4, 0.5) is 13.2 Å². The smallest absolute Gasteiger partial charge is 0.206 e. The molecule has 0 aliphatic heterocycles. The molecule has 4 heteroatoms. The van der Waals surface area contributed by atoms with Gasteiger partial charge in [-0.2, -0.15) is 5.26 Å². The predicted molar refractivity (Wildman–Crippen MR) is 36.1 cm³/mol. The van der Waals surface area contributed by atoms with E-state index in [-0.39, 0.29) is 5.56 Å². The largest absolute Gasteiger partial charge is 0.266 e. The Morgan fingerprint density at radius 1 is 1.33 bits per heavy atom. The Morgan fingerprint density at radius 2 is 2.00 bits per heavy atom. The molecule has 0 aliphatic carbocycles. The second kappa shape index (κ2) is 3.26. The maximum atomic E-state index is 12.6. The van der Waals surface area contributed by atoms with Gasteiger partial charge in [0, 0.05) is 0 Å². The van der Waals surface area contributed by atoms with E-state index in [0.29, 0.717) is 0 Å². The third-order valence-corrected chi connectivity index (χ3v) is 1.36. The highest BCUT2D eigenvalue weighted by Gasteiger charge is 2.13. The molecule has 0 heterocycles. The van der Waals surface area contributed by atoms with Crippen molar-refractivity contribution in [3.63, 3.8) is 0 Å². The van der Waals surface area contributed by atoms with Crippen LogP contribution in [0.2, 0.25) is 0 Å². The molecule has 0 saturated heterocycles. The molecule has 0 aromatic heterocycles. The first-order chi connectivity index (χ1) is 5.65. The SMILES string of the molecule is N#Cc1ccc(F)c(C(F)F)c1. The topological polar surface area (TPSA) is 23.8 Å². The average Bonchev–Trinajstić information content (AvgIpc) is 2.05. The highest BCUT2D eigenvalue weighted by atomic mass is 19.3. The zero-order valence-electron chi connectivity index (χ0n) is 5.89. The van der Waals surface area contributed by atoms with Gasteiger partial charge in [0.2, 0.25) is 0 Å². The molecular formula is C8H4F3N. The minimum Gasteiger partial charge on any atom is -0.206 e. The molecule has 0 bridgehead atoms. The molecule has 0 amide bonds. The summed E-state index contributed by atoms with van der Waals surface area (Å²) < 4.78 is 36.6. The molecule has 0 radical (unpaired) electrons. The van der Waals surface area contributed by atoms with Crippen LogP contribution in [0.15, 0.2) is 18.2 Å². The summed E-state index contributed by atoms with van der Waals surface area (Å²) in [4.78, 5) is 0. The van der Waals surface area contributed by atoms with Crippen LogP contribution < -0.4 is 0 Å². The normalized spacial score (nSPS) is 9.92. The minimum absolute atomic E-state index is 0.0340. The monoisotopic (exact) mass is 171 g/mol. The van der Waals surface area contributed by atoms with Gasteiger partial charge < -0.3 is 0 Å². The Kier molecular flexibility index (Phi) is 2.34. The average molecular weight is 171 g/mol. The standard InChI is InChI=1S/C8H4F3N/c9-7-2-1-5(4-12)3-6(7)8(10)11/h1-3,8H. The molecular weight excluding hydrogens is 167 g/mol. The highest BCUT2D eigenvalue weighted by Crippen LogP contribution is 2.22. The number of benzene rings is 1. The summed E-state index contributed by atoms with van der Waals surface area (Å²) in [7, 11) is 0. The molecule has 1 aromatic carbocycles. The summed E-state index contributed by atoms with van der Waals surface area (Å²) in [6.45, 7) is 0. The quantitative estimate of drug-likeness (QED) is 0.637. The van der Waals surface area contributed by atoms with Crippen molar-refractivity contribution in [2.24, 2.45) is 0 Å². The van der Waals surface area contributed by atoms with E-state index in [4.69, 9.17) is 5.26 Å². The molecule has 1 rings (SSSR count). The summed E-state index contributed by atoms with van der Waals surface area (Å²) >= 11 is 0. The number of hydrogen-bond donors (Lipinski definition) is 0. The maximum absolute atomic E-state index is 12.6. The molecule has 62 valence electrons. The molecule has 1 nitrogen and oxygen atoms in total. The molecule has 12 heavy (non-hydrogen) atoms. The van der Waals surface area contributed by atoms with Gasteiger partial charge in [-0.05, 0) is 18.2 Å². The Bertz CT molecular complexity index is 328. The van der Waals surface area contributed by atoms with Gasteiger partial charge in [0.05, 0.1) is 17.2 Å². The number of alkyl halides is 2. The number of hydrogen-bond acceptors (Lipinski definition) is 1. The van der Waals surface area contributed by atoms with Crippen molar-refractivity contribution >= 4 is 0 Å². The first-order valence-electron chi connectivity index (χ1n) is 3.13. The molecule has 0 spiro atoms. The third-order valence-electron chi connectivity index (χ3n) is 1.36. The Morgan fingerprint density at radius 3 is 2.50 bits per heavy atom. The molecule has 0 unspecified atom stereocenters. The maximum Gasteiger partial charge on any atom is 0.266 e. The van der Waals surface area contributed by atoms with E-state index in [1.807, 2.05) is 0 Å². The first-order valence-corrected chi connectivity index (χ1v) is 3.13. The van der Waals surface area contributed by atoms with Crippen molar-refractivity contribution in [3.05, 3.63) is 35.1 Å². The zero-order valence-corrected chi connectivity index (χ0v) is 5.89. The second-order valence-corrected chi connectivity index (χ2v) is 2.15. The van der Waals surface area contributed by atoms with E-state index >= 15 is 0 Å². The minimum atomic E-state index is -2.88. The molecule has 0 N–H and O–H groups in total. The first kappa shape index (κ1) is 8.60. The van der Waals surface area contributed by atoms with Gasteiger partial charge in [-0.1, -0.05) is 0 Å². The van der Waals surface area contributed by atoms with Crippen LogP contribution in [0.3, 0.4) is 0 Å². The van der Waals surface area contributed by atoms with Crippen molar-refractivity contribution in [3.8, 4) is 6.07 Å². The fraction of sp³-hybridized carbons (Fsp3) is 0.125. The molecule has 0 fully saturated rings.